The second kappa shape index (κ2) is 5.72. The highest BCUT2D eigenvalue weighted by Crippen LogP contribution is 2.21. The summed E-state index contributed by atoms with van der Waals surface area (Å²) in [4.78, 5) is 11.2. The van der Waals surface area contributed by atoms with Crippen LogP contribution in [0.1, 0.15) is 23.7 Å². The summed E-state index contributed by atoms with van der Waals surface area (Å²) < 4.78 is 0. The molecule has 16 heavy (non-hydrogen) atoms. The topological polar surface area (TPSA) is 81.1 Å². The normalized spacial score (nSPS) is 12.2. The second-order valence-electron chi connectivity index (χ2n) is 3.54. The van der Waals surface area contributed by atoms with Gasteiger partial charge in [0.1, 0.15) is 0 Å². The van der Waals surface area contributed by atoms with Gasteiger partial charge in [-0.2, -0.15) is 0 Å². The Kier molecular flexibility index (Phi) is 4.58. The zero-order chi connectivity index (χ0) is 12.1. The maximum Gasteiger partial charge on any atom is 0.250 e. The number of hydrogen-bond donors (Lipinski definition) is 3. The van der Waals surface area contributed by atoms with Crippen molar-refractivity contribution in [3.05, 3.63) is 28.8 Å². The Hall–Kier alpha value is -1.26. The van der Waals surface area contributed by atoms with Crippen LogP contribution in [-0.2, 0) is 0 Å². The Morgan fingerprint density at radius 2 is 2.25 bits per heavy atom. The predicted octanol–water partition coefficient (Wildman–Crippen LogP) is 1.59. The molecule has 0 fully saturated rings. The van der Waals surface area contributed by atoms with Crippen molar-refractivity contribution in [2.75, 3.05) is 11.9 Å². The fourth-order valence-corrected chi connectivity index (χ4v) is 1.57. The fraction of sp³-hybridized carbons (Fsp3) is 0.364. The molecule has 0 aliphatic heterocycles. The van der Waals surface area contributed by atoms with E-state index < -0.39 is 5.91 Å². The molecule has 5 N–H and O–H groups in total. The standard InChI is InChI=1S/C11H16ClN3O/c1-2-8(6-13)15-10-5-7(12)3-4-9(10)11(14)16/h3-5,8,15H,2,6,13H2,1H3,(H2,14,16). The Bertz CT molecular complexity index is 377. The van der Waals surface area contributed by atoms with Crippen LogP contribution in [0.4, 0.5) is 5.69 Å². The third-order valence-electron chi connectivity index (χ3n) is 2.38. The Labute approximate surface area is 100.0 Å². The van der Waals surface area contributed by atoms with Crippen molar-refractivity contribution in [3.63, 3.8) is 0 Å². The van der Waals surface area contributed by atoms with Gasteiger partial charge < -0.3 is 16.8 Å². The smallest absolute Gasteiger partial charge is 0.250 e. The molecule has 0 radical (unpaired) electrons. The molecule has 5 heteroatoms. The minimum Gasteiger partial charge on any atom is -0.380 e. The van der Waals surface area contributed by atoms with E-state index in [1.165, 1.54) is 0 Å². The monoisotopic (exact) mass is 241 g/mol. The number of carbonyl (C=O) groups is 1. The van der Waals surface area contributed by atoms with Crippen molar-refractivity contribution >= 4 is 23.2 Å². The lowest BCUT2D eigenvalue weighted by Gasteiger charge is -2.18. The highest BCUT2D eigenvalue weighted by molar-refractivity contribution is 6.31. The van der Waals surface area contributed by atoms with Crippen molar-refractivity contribution in [1.29, 1.82) is 0 Å². The third-order valence-corrected chi connectivity index (χ3v) is 2.62. The van der Waals surface area contributed by atoms with Gasteiger partial charge in [-0.3, -0.25) is 4.79 Å². The van der Waals surface area contributed by atoms with E-state index in [0.717, 1.165) is 6.42 Å². The molecule has 1 atom stereocenters. The van der Waals surface area contributed by atoms with E-state index >= 15 is 0 Å². The molecule has 1 amide bonds. The molecular weight excluding hydrogens is 226 g/mol. The molecule has 0 aliphatic carbocycles. The van der Waals surface area contributed by atoms with Crippen LogP contribution in [0.15, 0.2) is 18.2 Å². The van der Waals surface area contributed by atoms with Gasteiger partial charge in [-0.05, 0) is 24.6 Å². The molecule has 0 aromatic heterocycles. The average molecular weight is 242 g/mol. The number of nitrogens with one attached hydrogen (secondary N) is 1. The van der Waals surface area contributed by atoms with Crippen LogP contribution >= 0.6 is 11.6 Å². The minimum absolute atomic E-state index is 0.108. The number of hydrogen-bond acceptors (Lipinski definition) is 3. The zero-order valence-corrected chi connectivity index (χ0v) is 9.92. The van der Waals surface area contributed by atoms with Crippen molar-refractivity contribution in [2.24, 2.45) is 11.5 Å². The molecule has 1 rings (SSSR count). The lowest BCUT2D eigenvalue weighted by molar-refractivity contribution is 0.100. The minimum atomic E-state index is -0.481. The second-order valence-corrected chi connectivity index (χ2v) is 3.98. The van der Waals surface area contributed by atoms with Crippen LogP contribution in [-0.4, -0.2) is 18.5 Å². The quantitative estimate of drug-likeness (QED) is 0.732. The van der Waals surface area contributed by atoms with Crippen LogP contribution in [0.25, 0.3) is 0 Å². The van der Waals surface area contributed by atoms with Crippen LogP contribution in [0.3, 0.4) is 0 Å². The molecule has 88 valence electrons. The lowest BCUT2D eigenvalue weighted by atomic mass is 10.1. The summed E-state index contributed by atoms with van der Waals surface area (Å²) in [6, 6.07) is 5.03. The molecular formula is C11H16ClN3O. The highest BCUT2D eigenvalue weighted by Gasteiger charge is 2.11. The number of rotatable bonds is 5. The maximum absolute atomic E-state index is 11.2. The molecule has 0 saturated carbocycles. The summed E-state index contributed by atoms with van der Waals surface area (Å²) in [6.07, 6.45) is 0.862. The van der Waals surface area contributed by atoms with Gasteiger partial charge in [0.05, 0.1) is 5.56 Å². The van der Waals surface area contributed by atoms with Gasteiger partial charge in [0.2, 0.25) is 0 Å². The van der Waals surface area contributed by atoms with Gasteiger partial charge in [-0.1, -0.05) is 18.5 Å². The fourth-order valence-electron chi connectivity index (χ4n) is 1.40. The Morgan fingerprint density at radius 3 is 2.75 bits per heavy atom. The Morgan fingerprint density at radius 1 is 1.56 bits per heavy atom. The molecule has 0 aliphatic rings. The van der Waals surface area contributed by atoms with E-state index in [1.807, 2.05) is 6.92 Å². The molecule has 0 spiro atoms. The van der Waals surface area contributed by atoms with Crippen LogP contribution in [0, 0.1) is 0 Å². The van der Waals surface area contributed by atoms with E-state index in [1.54, 1.807) is 18.2 Å². The molecule has 0 saturated heterocycles. The summed E-state index contributed by atoms with van der Waals surface area (Å²) >= 11 is 5.87. The number of anilines is 1. The van der Waals surface area contributed by atoms with Gasteiger partial charge in [-0.15, -0.1) is 0 Å². The van der Waals surface area contributed by atoms with Crippen molar-refractivity contribution in [3.8, 4) is 0 Å². The zero-order valence-electron chi connectivity index (χ0n) is 9.16. The number of halogens is 1. The molecule has 0 heterocycles. The molecule has 1 unspecified atom stereocenters. The lowest BCUT2D eigenvalue weighted by Crippen LogP contribution is -2.29. The molecule has 4 nitrogen and oxygen atoms in total. The summed E-state index contributed by atoms with van der Waals surface area (Å²) in [5.41, 5.74) is 11.9. The first-order valence-corrected chi connectivity index (χ1v) is 5.52. The van der Waals surface area contributed by atoms with Gasteiger partial charge in [0, 0.05) is 23.3 Å². The van der Waals surface area contributed by atoms with E-state index in [2.05, 4.69) is 5.32 Å². The summed E-state index contributed by atoms with van der Waals surface area (Å²) in [7, 11) is 0. The highest BCUT2D eigenvalue weighted by atomic mass is 35.5. The van der Waals surface area contributed by atoms with Crippen LogP contribution in [0.5, 0.6) is 0 Å². The van der Waals surface area contributed by atoms with E-state index in [-0.39, 0.29) is 6.04 Å². The number of carbonyl (C=O) groups excluding carboxylic acids is 1. The van der Waals surface area contributed by atoms with Crippen molar-refractivity contribution in [2.45, 2.75) is 19.4 Å². The SMILES string of the molecule is CCC(CN)Nc1cc(Cl)ccc1C(N)=O. The van der Waals surface area contributed by atoms with Crippen LogP contribution in [0.2, 0.25) is 5.02 Å². The Balaban J connectivity index is 3.00. The van der Waals surface area contributed by atoms with Crippen molar-refractivity contribution < 1.29 is 4.79 Å². The first-order chi connectivity index (χ1) is 7.58. The summed E-state index contributed by atoms with van der Waals surface area (Å²) in [5.74, 6) is -0.481. The number of nitrogens with two attached hydrogens (primary N) is 2. The molecule has 1 aromatic carbocycles. The first-order valence-electron chi connectivity index (χ1n) is 5.14. The van der Waals surface area contributed by atoms with Gasteiger partial charge in [0.25, 0.3) is 5.91 Å². The number of benzene rings is 1. The van der Waals surface area contributed by atoms with Gasteiger partial charge >= 0.3 is 0 Å². The van der Waals surface area contributed by atoms with Gasteiger partial charge in [-0.25, -0.2) is 0 Å². The van der Waals surface area contributed by atoms with Gasteiger partial charge in [0.15, 0.2) is 0 Å². The average Bonchev–Trinajstić information content (AvgIpc) is 2.25. The maximum atomic E-state index is 11.2. The molecule has 1 aromatic rings. The number of amides is 1. The largest absolute Gasteiger partial charge is 0.380 e. The van der Waals surface area contributed by atoms with Crippen molar-refractivity contribution in [1.82, 2.24) is 0 Å². The van der Waals surface area contributed by atoms with Crippen LogP contribution < -0.4 is 16.8 Å². The first kappa shape index (κ1) is 12.8. The van der Waals surface area contributed by atoms with E-state index in [4.69, 9.17) is 23.1 Å². The molecule has 0 bridgehead atoms. The van der Waals surface area contributed by atoms with E-state index in [0.29, 0.717) is 22.8 Å². The number of primary amides is 1. The third kappa shape index (κ3) is 3.12. The van der Waals surface area contributed by atoms with E-state index in [9.17, 15) is 4.79 Å². The summed E-state index contributed by atoms with van der Waals surface area (Å²) in [6.45, 7) is 2.50. The summed E-state index contributed by atoms with van der Waals surface area (Å²) in [5, 5.41) is 3.71. The predicted molar refractivity (Wildman–Crippen MR) is 66.7 cm³/mol.